The zero-order valence-electron chi connectivity index (χ0n) is 24.5. The Hall–Kier alpha value is -3.81. The minimum Gasteiger partial charge on any atom is -0.493 e. The molecule has 0 aliphatic heterocycles. The quantitative estimate of drug-likeness (QED) is 0.167. The molecule has 3 N–H and O–H groups in total. The lowest BCUT2D eigenvalue weighted by Gasteiger charge is -2.28. The summed E-state index contributed by atoms with van der Waals surface area (Å²) in [5.41, 5.74) is 4.04. The molecule has 1 saturated carbocycles. The van der Waals surface area contributed by atoms with Gasteiger partial charge in [0.1, 0.15) is 18.1 Å². The van der Waals surface area contributed by atoms with Crippen LogP contribution in [0.1, 0.15) is 52.0 Å². The smallest absolute Gasteiger partial charge is 0.163 e. The molecule has 0 unspecified atom stereocenters. The Balaban J connectivity index is 1.24. The standard InChI is InChI=1S/C34H41N3O4/c1-33(2,3)24-7-9-25(10-8-24)37-26-11-13-27(14-12-26)41-30-15-18-35-29-22-32(31(39-4)21-28(29)30)40-20-19-36-34(23-38)16-5-6-17-34/h7-15,18,21-22,36-38H,5-6,16-17,19-20,23H2,1-4H3. The first kappa shape index (κ1) is 28.7. The molecule has 1 aromatic heterocycles. The van der Waals surface area contributed by atoms with Crippen LogP contribution in [-0.2, 0) is 5.41 Å². The number of pyridine rings is 1. The van der Waals surface area contributed by atoms with E-state index in [4.69, 9.17) is 14.2 Å². The van der Waals surface area contributed by atoms with Crippen molar-refractivity contribution in [3.8, 4) is 23.0 Å². The second kappa shape index (κ2) is 12.4. The van der Waals surface area contributed by atoms with Gasteiger partial charge in [-0.15, -0.1) is 0 Å². The van der Waals surface area contributed by atoms with E-state index in [0.29, 0.717) is 30.4 Å². The van der Waals surface area contributed by atoms with Gasteiger partial charge in [-0.3, -0.25) is 4.98 Å². The molecule has 0 amide bonds. The third-order valence-electron chi connectivity index (χ3n) is 7.83. The summed E-state index contributed by atoms with van der Waals surface area (Å²) in [7, 11) is 1.63. The van der Waals surface area contributed by atoms with E-state index in [2.05, 4.69) is 60.7 Å². The monoisotopic (exact) mass is 555 g/mol. The summed E-state index contributed by atoms with van der Waals surface area (Å²) in [6, 6.07) is 22.1. The van der Waals surface area contributed by atoms with Crippen molar-refractivity contribution < 1.29 is 19.3 Å². The van der Waals surface area contributed by atoms with Crippen molar-refractivity contribution in [2.75, 3.05) is 32.2 Å². The minimum atomic E-state index is -0.170. The summed E-state index contributed by atoms with van der Waals surface area (Å²) >= 11 is 0. The summed E-state index contributed by atoms with van der Waals surface area (Å²) in [6.45, 7) is 7.91. The lowest BCUT2D eigenvalue weighted by Crippen LogP contribution is -2.47. The van der Waals surface area contributed by atoms with E-state index in [0.717, 1.165) is 53.7 Å². The summed E-state index contributed by atoms with van der Waals surface area (Å²) in [4.78, 5) is 4.54. The maximum atomic E-state index is 9.82. The summed E-state index contributed by atoms with van der Waals surface area (Å²) in [5.74, 6) is 2.65. The Labute approximate surface area is 242 Å². The zero-order chi connectivity index (χ0) is 28.9. The molecular weight excluding hydrogens is 514 g/mol. The van der Waals surface area contributed by atoms with Crippen molar-refractivity contribution in [2.45, 2.75) is 57.4 Å². The molecule has 1 aliphatic rings. The van der Waals surface area contributed by atoms with Gasteiger partial charge in [-0.2, -0.15) is 0 Å². The first-order chi connectivity index (χ1) is 19.8. The lowest BCUT2D eigenvalue weighted by atomic mass is 9.87. The number of hydrogen-bond acceptors (Lipinski definition) is 7. The Morgan fingerprint density at radius 3 is 2.20 bits per heavy atom. The van der Waals surface area contributed by atoms with Gasteiger partial charge in [-0.05, 0) is 72.4 Å². The van der Waals surface area contributed by atoms with Crippen molar-refractivity contribution in [1.29, 1.82) is 0 Å². The van der Waals surface area contributed by atoms with Crippen molar-refractivity contribution >= 4 is 22.3 Å². The van der Waals surface area contributed by atoms with Crippen LogP contribution in [0.5, 0.6) is 23.0 Å². The molecule has 7 nitrogen and oxygen atoms in total. The number of aliphatic hydroxyl groups is 1. The van der Waals surface area contributed by atoms with Crippen molar-refractivity contribution in [3.63, 3.8) is 0 Å². The van der Waals surface area contributed by atoms with Crippen LogP contribution in [0.4, 0.5) is 11.4 Å². The highest BCUT2D eigenvalue weighted by atomic mass is 16.5. The summed E-state index contributed by atoms with van der Waals surface area (Å²) < 4.78 is 18.0. The van der Waals surface area contributed by atoms with E-state index in [1.54, 1.807) is 13.3 Å². The first-order valence-electron chi connectivity index (χ1n) is 14.4. The van der Waals surface area contributed by atoms with E-state index in [-0.39, 0.29) is 17.6 Å². The number of anilines is 2. The van der Waals surface area contributed by atoms with Gasteiger partial charge in [0.2, 0.25) is 0 Å². The predicted molar refractivity (Wildman–Crippen MR) is 165 cm³/mol. The molecule has 0 radical (unpaired) electrons. The molecule has 3 aromatic carbocycles. The molecule has 7 heteroatoms. The number of methoxy groups -OCH3 is 1. The van der Waals surface area contributed by atoms with Crippen LogP contribution in [0.15, 0.2) is 72.9 Å². The molecule has 1 fully saturated rings. The second-order valence-electron chi connectivity index (χ2n) is 11.8. The van der Waals surface area contributed by atoms with Crippen molar-refractivity contribution in [3.05, 3.63) is 78.5 Å². The lowest BCUT2D eigenvalue weighted by molar-refractivity contribution is 0.156. The van der Waals surface area contributed by atoms with Crippen molar-refractivity contribution in [1.82, 2.24) is 10.3 Å². The van der Waals surface area contributed by atoms with Gasteiger partial charge in [-0.25, -0.2) is 0 Å². The third-order valence-corrected chi connectivity index (χ3v) is 7.83. The highest BCUT2D eigenvalue weighted by Crippen LogP contribution is 2.37. The van der Waals surface area contributed by atoms with Crippen LogP contribution in [0.25, 0.3) is 10.9 Å². The molecule has 0 saturated heterocycles. The Morgan fingerprint density at radius 2 is 1.56 bits per heavy atom. The highest BCUT2D eigenvalue weighted by Gasteiger charge is 2.32. The van der Waals surface area contributed by atoms with Crippen LogP contribution >= 0.6 is 0 Å². The van der Waals surface area contributed by atoms with Crippen LogP contribution in [0.2, 0.25) is 0 Å². The number of aliphatic hydroxyl groups excluding tert-OH is 1. The average molecular weight is 556 g/mol. The number of benzene rings is 3. The summed E-state index contributed by atoms with van der Waals surface area (Å²) in [6.07, 6.45) is 6.03. The van der Waals surface area contributed by atoms with Crippen LogP contribution in [0.3, 0.4) is 0 Å². The summed E-state index contributed by atoms with van der Waals surface area (Å²) in [5, 5.41) is 17.6. The van der Waals surface area contributed by atoms with Crippen molar-refractivity contribution in [2.24, 2.45) is 0 Å². The number of hydrogen-bond donors (Lipinski definition) is 3. The Bertz CT molecular complexity index is 1440. The normalized spacial score (nSPS) is 14.7. The number of rotatable bonds is 11. The third kappa shape index (κ3) is 6.92. The fraction of sp³-hybridized carbons (Fsp3) is 0.382. The molecule has 41 heavy (non-hydrogen) atoms. The Morgan fingerprint density at radius 1 is 0.878 bits per heavy atom. The molecule has 5 rings (SSSR count). The molecule has 0 spiro atoms. The van der Waals surface area contributed by atoms with E-state index in [1.165, 1.54) is 5.56 Å². The number of ether oxygens (including phenoxy) is 3. The predicted octanol–water partition coefficient (Wildman–Crippen LogP) is 7.35. The first-order valence-corrected chi connectivity index (χ1v) is 14.4. The van der Waals surface area contributed by atoms with Gasteiger partial charge in [-0.1, -0.05) is 45.7 Å². The largest absolute Gasteiger partial charge is 0.493 e. The maximum absolute atomic E-state index is 9.82. The van der Waals surface area contributed by atoms with E-state index in [1.807, 2.05) is 42.5 Å². The maximum Gasteiger partial charge on any atom is 0.163 e. The van der Waals surface area contributed by atoms with E-state index in [9.17, 15) is 5.11 Å². The molecular formula is C34H41N3O4. The highest BCUT2D eigenvalue weighted by molar-refractivity contribution is 5.88. The second-order valence-corrected chi connectivity index (χ2v) is 11.8. The van der Waals surface area contributed by atoms with Crippen LogP contribution < -0.4 is 24.8 Å². The molecule has 0 atom stereocenters. The molecule has 216 valence electrons. The molecule has 1 aliphatic carbocycles. The molecule has 0 bridgehead atoms. The van der Waals surface area contributed by atoms with Crippen LogP contribution in [0, 0.1) is 0 Å². The Kier molecular flexibility index (Phi) is 8.66. The molecule has 1 heterocycles. The minimum absolute atomic E-state index is 0.129. The topological polar surface area (TPSA) is 84.9 Å². The number of nitrogens with one attached hydrogen (secondary N) is 2. The van der Waals surface area contributed by atoms with E-state index < -0.39 is 0 Å². The SMILES string of the molecule is COc1cc2c(Oc3ccc(Nc4ccc(C(C)(C)C)cc4)cc3)ccnc2cc1OCCNC1(CO)CCCC1. The average Bonchev–Trinajstić information content (AvgIpc) is 3.45. The van der Waals surface area contributed by atoms with Crippen LogP contribution in [-0.4, -0.2) is 42.5 Å². The number of nitrogens with zero attached hydrogens (tertiary/aromatic N) is 1. The number of aromatic nitrogens is 1. The fourth-order valence-electron chi connectivity index (χ4n) is 5.36. The van der Waals surface area contributed by atoms with Gasteiger partial charge in [0.15, 0.2) is 11.5 Å². The van der Waals surface area contributed by atoms with Gasteiger partial charge in [0.05, 0.1) is 19.2 Å². The molecule has 4 aromatic rings. The van der Waals surface area contributed by atoms with Gasteiger partial charge >= 0.3 is 0 Å². The fourth-order valence-corrected chi connectivity index (χ4v) is 5.36. The number of fused-ring (bicyclic) bond motifs is 1. The van der Waals surface area contributed by atoms with Gasteiger partial charge in [0, 0.05) is 41.1 Å². The van der Waals surface area contributed by atoms with Gasteiger partial charge in [0.25, 0.3) is 0 Å². The van der Waals surface area contributed by atoms with Gasteiger partial charge < -0.3 is 30.0 Å². The zero-order valence-corrected chi connectivity index (χ0v) is 24.5. The van der Waals surface area contributed by atoms with E-state index >= 15 is 0 Å².